The van der Waals surface area contributed by atoms with Gasteiger partial charge in [0.1, 0.15) is 0 Å². The van der Waals surface area contributed by atoms with Crippen LogP contribution in [0.15, 0.2) is 24.3 Å². The summed E-state index contributed by atoms with van der Waals surface area (Å²) in [6.07, 6.45) is 0. The highest BCUT2D eigenvalue weighted by atomic mass is 16.6. The summed E-state index contributed by atoms with van der Waals surface area (Å²) < 4.78 is 0. The van der Waals surface area contributed by atoms with Crippen molar-refractivity contribution in [3.63, 3.8) is 0 Å². The maximum atomic E-state index is 10.6. The van der Waals surface area contributed by atoms with Crippen molar-refractivity contribution in [1.82, 2.24) is 0 Å². The second kappa shape index (κ2) is 4.01. The highest BCUT2D eigenvalue weighted by molar-refractivity contribution is 5.28. The summed E-state index contributed by atoms with van der Waals surface area (Å²) in [5, 5.41) is 10.6. The molecule has 3 nitrogen and oxygen atoms in total. The van der Waals surface area contributed by atoms with Crippen LogP contribution in [0.5, 0.6) is 0 Å². The van der Waals surface area contributed by atoms with E-state index in [1.807, 2.05) is 24.3 Å². The first-order valence-corrected chi connectivity index (χ1v) is 5.06. The first-order valence-electron chi connectivity index (χ1n) is 5.06. The SMILES string of the molecule is CC(c1ccc(C(C)(C)C)cc1)[N+](=O)[O-]. The molecule has 1 aromatic rings. The van der Waals surface area contributed by atoms with Crippen LogP contribution in [0, 0.1) is 10.1 Å². The number of nitro groups is 1. The van der Waals surface area contributed by atoms with Crippen molar-refractivity contribution in [3.8, 4) is 0 Å². The van der Waals surface area contributed by atoms with Gasteiger partial charge in [-0.2, -0.15) is 0 Å². The number of hydrogen-bond acceptors (Lipinski definition) is 2. The standard InChI is InChI=1S/C12H17NO2/c1-9(13(14)15)10-5-7-11(8-6-10)12(2,3)4/h5-9H,1-4H3. The van der Waals surface area contributed by atoms with E-state index < -0.39 is 6.04 Å². The Balaban J connectivity index is 2.95. The Kier molecular flexibility index (Phi) is 3.12. The van der Waals surface area contributed by atoms with Gasteiger partial charge < -0.3 is 0 Å². The van der Waals surface area contributed by atoms with Gasteiger partial charge in [-0.15, -0.1) is 0 Å². The van der Waals surface area contributed by atoms with E-state index in [1.165, 1.54) is 5.56 Å². The lowest BCUT2D eigenvalue weighted by Gasteiger charge is -2.19. The van der Waals surface area contributed by atoms with Crippen molar-refractivity contribution in [2.24, 2.45) is 0 Å². The molecule has 0 spiro atoms. The van der Waals surface area contributed by atoms with Crippen LogP contribution in [0.3, 0.4) is 0 Å². The molecule has 0 fully saturated rings. The molecule has 0 aliphatic rings. The molecule has 82 valence electrons. The summed E-state index contributed by atoms with van der Waals surface area (Å²) in [5.41, 5.74) is 2.05. The number of hydrogen-bond donors (Lipinski definition) is 0. The lowest BCUT2D eigenvalue weighted by molar-refractivity contribution is -0.524. The van der Waals surface area contributed by atoms with Crippen molar-refractivity contribution in [2.45, 2.75) is 39.2 Å². The van der Waals surface area contributed by atoms with E-state index in [0.717, 1.165) is 5.56 Å². The van der Waals surface area contributed by atoms with Gasteiger partial charge in [0.2, 0.25) is 6.04 Å². The monoisotopic (exact) mass is 207 g/mol. The van der Waals surface area contributed by atoms with Gasteiger partial charge in [0.25, 0.3) is 0 Å². The Bertz CT molecular complexity index is 349. The molecule has 3 heteroatoms. The summed E-state index contributed by atoms with van der Waals surface area (Å²) in [4.78, 5) is 10.3. The number of nitrogens with zero attached hydrogens (tertiary/aromatic N) is 1. The Labute approximate surface area is 90.3 Å². The molecule has 1 rings (SSSR count). The van der Waals surface area contributed by atoms with Gasteiger partial charge in [-0.05, 0) is 11.0 Å². The zero-order chi connectivity index (χ0) is 11.6. The third kappa shape index (κ3) is 2.78. The van der Waals surface area contributed by atoms with Crippen LogP contribution in [-0.2, 0) is 5.41 Å². The molecule has 0 N–H and O–H groups in total. The topological polar surface area (TPSA) is 43.1 Å². The van der Waals surface area contributed by atoms with Crippen molar-refractivity contribution >= 4 is 0 Å². The second-order valence-corrected chi connectivity index (χ2v) is 4.83. The zero-order valence-corrected chi connectivity index (χ0v) is 9.65. The average Bonchev–Trinajstić information content (AvgIpc) is 2.15. The summed E-state index contributed by atoms with van der Waals surface area (Å²) in [6, 6.07) is 6.99. The first kappa shape index (κ1) is 11.7. The predicted molar refractivity (Wildman–Crippen MR) is 60.6 cm³/mol. The second-order valence-electron chi connectivity index (χ2n) is 4.83. The molecule has 0 radical (unpaired) electrons. The van der Waals surface area contributed by atoms with Crippen molar-refractivity contribution in [3.05, 3.63) is 45.5 Å². The summed E-state index contributed by atoms with van der Waals surface area (Å²) in [5.74, 6) is 0. The molecule has 1 aromatic carbocycles. The normalized spacial score (nSPS) is 13.6. The molecule has 0 saturated carbocycles. The molecule has 1 atom stereocenters. The molecule has 0 heterocycles. The molecule has 15 heavy (non-hydrogen) atoms. The molecule has 0 aliphatic carbocycles. The van der Waals surface area contributed by atoms with Gasteiger partial charge in [0.05, 0.1) is 0 Å². The molecule has 0 bridgehead atoms. The third-order valence-electron chi connectivity index (χ3n) is 2.58. The maximum Gasteiger partial charge on any atom is 0.235 e. The molecule has 0 aliphatic heterocycles. The van der Waals surface area contributed by atoms with Gasteiger partial charge in [-0.25, -0.2) is 0 Å². The highest BCUT2D eigenvalue weighted by Gasteiger charge is 2.18. The summed E-state index contributed by atoms with van der Waals surface area (Å²) in [6.45, 7) is 7.98. The van der Waals surface area contributed by atoms with Crippen LogP contribution in [0.2, 0.25) is 0 Å². The molecule has 0 saturated heterocycles. The fourth-order valence-electron chi connectivity index (χ4n) is 1.38. The molecular weight excluding hydrogens is 190 g/mol. The van der Waals surface area contributed by atoms with Crippen molar-refractivity contribution in [1.29, 1.82) is 0 Å². The Morgan fingerprint density at radius 1 is 1.20 bits per heavy atom. The predicted octanol–water partition coefficient (Wildman–Crippen LogP) is 3.32. The van der Waals surface area contributed by atoms with Gasteiger partial charge in [-0.1, -0.05) is 45.0 Å². The Morgan fingerprint density at radius 2 is 1.67 bits per heavy atom. The van der Waals surface area contributed by atoms with Crippen LogP contribution in [0.4, 0.5) is 0 Å². The minimum atomic E-state index is -0.626. The van der Waals surface area contributed by atoms with E-state index in [4.69, 9.17) is 0 Å². The molecule has 0 amide bonds. The zero-order valence-electron chi connectivity index (χ0n) is 9.65. The smallest absolute Gasteiger partial charge is 0.235 e. The van der Waals surface area contributed by atoms with Crippen LogP contribution in [0.25, 0.3) is 0 Å². The molecule has 1 unspecified atom stereocenters. The van der Waals surface area contributed by atoms with E-state index in [9.17, 15) is 10.1 Å². The van der Waals surface area contributed by atoms with Crippen molar-refractivity contribution in [2.75, 3.05) is 0 Å². The fraction of sp³-hybridized carbons (Fsp3) is 0.500. The van der Waals surface area contributed by atoms with Crippen LogP contribution in [0.1, 0.15) is 44.9 Å². The maximum absolute atomic E-state index is 10.6. The quantitative estimate of drug-likeness (QED) is 0.551. The van der Waals surface area contributed by atoms with E-state index >= 15 is 0 Å². The molecular formula is C12H17NO2. The largest absolute Gasteiger partial charge is 0.264 e. The first-order chi connectivity index (χ1) is 6.82. The van der Waals surface area contributed by atoms with Gasteiger partial charge in [0, 0.05) is 17.4 Å². The third-order valence-corrected chi connectivity index (χ3v) is 2.58. The van der Waals surface area contributed by atoms with Gasteiger partial charge >= 0.3 is 0 Å². The number of rotatable bonds is 2. The molecule has 0 aromatic heterocycles. The summed E-state index contributed by atoms with van der Waals surface area (Å²) >= 11 is 0. The lowest BCUT2D eigenvalue weighted by Crippen LogP contribution is -2.12. The minimum absolute atomic E-state index is 0.0936. The van der Waals surface area contributed by atoms with Gasteiger partial charge in [0.15, 0.2) is 0 Å². The van der Waals surface area contributed by atoms with Crippen LogP contribution < -0.4 is 0 Å². The van der Waals surface area contributed by atoms with Gasteiger partial charge in [-0.3, -0.25) is 10.1 Å². The minimum Gasteiger partial charge on any atom is -0.264 e. The van der Waals surface area contributed by atoms with E-state index in [0.29, 0.717) is 0 Å². The average molecular weight is 207 g/mol. The summed E-state index contributed by atoms with van der Waals surface area (Å²) in [7, 11) is 0. The fourth-order valence-corrected chi connectivity index (χ4v) is 1.38. The Morgan fingerprint density at radius 3 is 2.00 bits per heavy atom. The lowest BCUT2D eigenvalue weighted by atomic mass is 9.86. The van der Waals surface area contributed by atoms with E-state index in [1.54, 1.807) is 6.92 Å². The Hall–Kier alpha value is -1.38. The van der Waals surface area contributed by atoms with Crippen LogP contribution >= 0.6 is 0 Å². The highest BCUT2D eigenvalue weighted by Crippen LogP contribution is 2.24. The number of benzene rings is 1. The van der Waals surface area contributed by atoms with Crippen LogP contribution in [-0.4, -0.2) is 4.92 Å². The van der Waals surface area contributed by atoms with E-state index in [2.05, 4.69) is 20.8 Å². The van der Waals surface area contributed by atoms with Crippen molar-refractivity contribution < 1.29 is 4.92 Å². The van der Waals surface area contributed by atoms with E-state index in [-0.39, 0.29) is 10.3 Å².